The molecule has 11 aromatic carbocycles. The molecule has 0 saturated heterocycles. The lowest BCUT2D eigenvalue weighted by atomic mass is 9.82. The average Bonchev–Trinajstić information content (AvgIpc) is 3.33. The van der Waals surface area contributed by atoms with E-state index in [1.165, 1.54) is 110 Å². The van der Waals surface area contributed by atoms with E-state index in [2.05, 4.69) is 243 Å². The molecular weight excluding hydrogens is 721 g/mol. The van der Waals surface area contributed by atoms with Crippen LogP contribution in [0.1, 0.15) is 0 Å². The molecule has 0 bridgehead atoms. The van der Waals surface area contributed by atoms with Gasteiger partial charge in [-0.25, -0.2) is 0 Å². The largest absolute Gasteiger partial charge is 0.0622 e. The Morgan fingerprint density at radius 1 is 0.167 bits per heavy atom. The molecule has 60 heavy (non-hydrogen) atoms. The third kappa shape index (κ3) is 6.36. The van der Waals surface area contributed by atoms with Gasteiger partial charge >= 0.3 is 0 Å². The summed E-state index contributed by atoms with van der Waals surface area (Å²) < 4.78 is 0. The van der Waals surface area contributed by atoms with Gasteiger partial charge in [-0.15, -0.1) is 0 Å². The lowest BCUT2D eigenvalue weighted by Crippen LogP contribution is -1.94. The van der Waals surface area contributed by atoms with E-state index in [-0.39, 0.29) is 0 Å². The van der Waals surface area contributed by atoms with Gasteiger partial charge in [0.1, 0.15) is 0 Å². The number of benzene rings is 11. The first-order valence-electron chi connectivity index (χ1n) is 20.7. The summed E-state index contributed by atoms with van der Waals surface area (Å²) in [4.78, 5) is 0. The fourth-order valence-corrected chi connectivity index (χ4v) is 9.21. The second-order valence-electron chi connectivity index (χ2n) is 15.6. The van der Waals surface area contributed by atoms with E-state index < -0.39 is 0 Å². The van der Waals surface area contributed by atoms with Gasteiger partial charge in [-0.3, -0.25) is 0 Å². The van der Waals surface area contributed by atoms with Gasteiger partial charge in [0.15, 0.2) is 0 Å². The van der Waals surface area contributed by atoms with E-state index >= 15 is 0 Å². The first-order chi connectivity index (χ1) is 29.8. The highest BCUT2D eigenvalue weighted by atomic mass is 14.2. The molecule has 0 unspecified atom stereocenters. The van der Waals surface area contributed by atoms with Gasteiger partial charge < -0.3 is 0 Å². The number of fused-ring (bicyclic) bond motifs is 3. The van der Waals surface area contributed by atoms with Crippen molar-refractivity contribution in [3.05, 3.63) is 243 Å². The molecule has 0 fully saturated rings. The predicted molar refractivity (Wildman–Crippen MR) is 257 cm³/mol. The van der Waals surface area contributed by atoms with Crippen LogP contribution in [0.2, 0.25) is 0 Å². The summed E-state index contributed by atoms with van der Waals surface area (Å²) in [6, 6.07) is 88.8. The summed E-state index contributed by atoms with van der Waals surface area (Å²) in [6.07, 6.45) is 0. The van der Waals surface area contributed by atoms with Crippen LogP contribution in [0, 0.1) is 0 Å². The zero-order valence-corrected chi connectivity index (χ0v) is 33.1. The number of rotatable bonds is 7. The Morgan fingerprint density at radius 3 is 1.15 bits per heavy atom. The van der Waals surface area contributed by atoms with Gasteiger partial charge in [0.05, 0.1) is 0 Å². The summed E-state index contributed by atoms with van der Waals surface area (Å²) in [5, 5.41) is 7.52. The molecule has 280 valence electrons. The van der Waals surface area contributed by atoms with E-state index in [4.69, 9.17) is 0 Å². The summed E-state index contributed by atoms with van der Waals surface area (Å²) >= 11 is 0. The zero-order chi connectivity index (χ0) is 39.8. The van der Waals surface area contributed by atoms with Crippen LogP contribution in [0.15, 0.2) is 243 Å². The minimum absolute atomic E-state index is 1.18. The van der Waals surface area contributed by atoms with Crippen molar-refractivity contribution in [2.75, 3.05) is 0 Å². The van der Waals surface area contributed by atoms with Gasteiger partial charge in [0.2, 0.25) is 0 Å². The molecular formula is C60H40. The third-order valence-electron chi connectivity index (χ3n) is 12.1. The van der Waals surface area contributed by atoms with Gasteiger partial charge in [-0.05, 0) is 128 Å². The first kappa shape index (κ1) is 35.4. The Kier molecular flexibility index (Phi) is 8.95. The zero-order valence-electron chi connectivity index (χ0n) is 33.1. The first-order valence-corrected chi connectivity index (χ1v) is 20.7. The quantitative estimate of drug-likeness (QED) is 0.142. The lowest BCUT2D eigenvalue weighted by molar-refractivity contribution is 1.56. The molecule has 0 amide bonds. The maximum absolute atomic E-state index is 2.43. The highest BCUT2D eigenvalue weighted by Gasteiger charge is 2.20. The van der Waals surface area contributed by atoms with E-state index in [1.54, 1.807) is 0 Å². The molecule has 0 aromatic heterocycles. The van der Waals surface area contributed by atoms with Crippen LogP contribution in [-0.4, -0.2) is 0 Å². The fraction of sp³-hybridized carbons (Fsp3) is 0. The Balaban J connectivity index is 1.08. The molecule has 11 aromatic rings. The van der Waals surface area contributed by atoms with Gasteiger partial charge in [-0.1, -0.05) is 224 Å². The SMILES string of the molecule is c1ccc(-c2cccc(-c3ccc(-c4ccc(-c5cccc(-c6cccc7ccccc67)c5)cc4)cc3-c3c4ccccc4c(-c4ccccc4)c4ccccc34)c2)cc1. The van der Waals surface area contributed by atoms with Gasteiger partial charge in [0, 0.05) is 0 Å². The molecule has 11 rings (SSSR count). The van der Waals surface area contributed by atoms with Crippen LogP contribution in [0.4, 0.5) is 0 Å². The van der Waals surface area contributed by atoms with Crippen molar-refractivity contribution < 1.29 is 0 Å². The minimum atomic E-state index is 1.18. The molecule has 0 atom stereocenters. The summed E-state index contributed by atoms with van der Waals surface area (Å²) in [5.41, 5.74) is 17.0. The average molecular weight is 761 g/mol. The molecule has 0 aliphatic carbocycles. The van der Waals surface area contributed by atoms with Crippen LogP contribution in [0.5, 0.6) is 0 Å². The molecule has 0 heterocycles. The Bertz CT molecular complexity index is 3280. The van der Waals surface area contributed by atoms with Crippen molar-refractivity contribution >= 4 is 32.3 Å². The topological polar surface area (TPSA) is 0 Å². The maximum Gasteiger partial charge on any atom is -0.00199 e. The summed E-state index contributed by atoms with van der Waals surface area (Å²) in [6.45, 7) is 0. The Morgan fingerprint density at radius 2 is 0.550 bits per heavy atom. The van der Waals surface area contributed by atoms with E-state index in [0.717, 1.165) is 0 Å². The van der Waals surface area contributed by atoms with Crippen molar-refractivity contribution in [1.29, 1.82) is 0 Å². The van der Waals surface area contributed by atoms with Crippen LogP contribution >= 0.6 is 0 Å². The summed E-state index contributed by atoms with van der Waals surface area (Å²) in [5.74, 6) is 0. The van der Waals surface area contributed by atoms with Crippen molar-refractivity contribution in [2.24, 2.45) is 0 Å². The number of hydrogen-bond acceptors (Lipinski definition) is 0. The van der Waals surface area contributed by atoms with Crippen molar-refractivity contribution in [3.8, 4) is 77.9 Å². The maximum atomic E-state index is 2.43. The second-order valence-corrected chi connectivity index (χ2v) is 15.6. The third-order valence-corrected chi connectivity index (χ3v) is 12.1. The smallest absolute Gasteiger partial charge is 0.00199 e. The highest BCUT2D eigenvalue weighted by molar-refractivity contribution is 6.22. The molecule has 0 aliphatic heterocycles. The standard InChI is InChI=1S/C60H40/c1-3-16-41(17-4-1)46-22-13-25-50(38-46)53-37-36-48(43-34-32-42(33-35-43)47-23-14-24-49(39-47)52-31-15-21-44-18-7-8-26-51(44)52)40-58(53)60-56-29-11-9-27-54(56)59(45-19-5-2-6-20-45)55-28-10-12-30-57(55)60/h1-40H. The highest BCUT2D eigenvalue weighted by Crippen LogP contribution is 2.47. The molecule has 0 heteroatoms. The molecule has 0 nitrogen and oxygen atoms in total. The van der Waals surface area contributed by atoms with Crippen LogP contribution in [-0.2, 0) is 0 Å². The molecule has 0 saturated carbocycles. The van der Waals surface area contributed by atoms with E-state index in [0.29, 0.717) is 0 Å². The second kappa shape index (κ2) is 15.2. The monoisotopic (exact) mass is 760 g/mol. The predicted octanol–water partition coefficient (Wildman–Crippen LogP) is 16.8. The van der Waals surface area contributed by atoms with Crippen LogP contribution in [0.3, 0.4) is 0 Å². The van der Waals surface area contributed by atoms with Crippen molar-refractivity contribution in [3.63, 3.8) is 0 Å². The molecule has 0 radical (unpaired) electrons. The van der Waals surface area contributed by atoms with Crippen LogP contribution < -0.4 is 0 Å². The van der Waals surface area contributed by atoms with Crippen molar-refractivity contribution in [2.45, 2.75) is 0 Å². The molecule has 0 spiro atoms. The van der Waals surface area contributed by atoms with Crippen molar-refractivity contribution in [1.82, 2.24) is 0 Å². The van der Waals surface area contributed by atoms with Crippen LogP contribution in [0.25, 0.3) is 110 Å². The van der Waals surface area contributed by atoms with Gasteiger partial charge in [-0.2, -0.15) is 0 Å². The fourth-order valence-electron chi connectivity index (χ4n) is 9.21. The van der Waals surface area contributed by atoms with E-state index in [9.17, 15) is 0 Å². The van der Waals surface area contributed by atoms with Gasteiger partial charge in [0.25, 0.3) is 0 Å². The number of hydrogen-bond donors (Lipinski definition) is 0. The lowest BCUT2D eigenvalue weighted by Gasteiger charge is -2.21. The molecule has 0 aliphatic rings. The normalized spacial score (nSPS) is 11.3. The molecule has 0 N–H and O–H groups in total. The van der Waals surface area contributed by atoms with E-state index in [1.807, 2.05) is 0 Å². The minimum Gasteiger partial charge on any atom is -0.0622 e. The summed E-state index contributed by atoms with van der Waals surface area (Å²) in [7, 11) is 0. The Hall–Kier alpha value is -7.80. The Labute approximate surface area is 351 Å².